The third-order valence-corrected chi connectivity index (χ3v) is 4.46. The van der Waals surface area contributed by atoms with Crippen LogP contribution < -0.4 is 10.1 Å². The fourth-order valence-corrected chi connectivity index (χ4v) is 3.18. The van der Waals surface area contributed by atoms with E-state index in [4.69, 9.17) is 9.47 Å². The minimum absolute atomic E-state index is 0.248. The average molecular weight is 339 g/mol. The number of benzene rings is 1. The van der Waals surface area contributed by atoms with Crippen molar-refractivity contribution in [2.45, 2.75) is 32.0 Å². The fraction of sp³-hybridized carbons (Fsp3) is 0.389. The number of methoxy groups -OCH3 is 1. The van der Waals surface area contributed by atoms with E-state index in [2.05, 4.69) is 20.3 Å². The molecule has 1 N–H and O–H groups in total. The molecule has 1 aliphatic heterocycles. The molecular formula is C18H21N5O2. The van der Waals surface area contributed by atoms with Gasteiger partial charge >= 0.3 is 0 Å². The largest absolute Gasteiger partial charge is 0.496 e. The molecule has 7 nitrogen and oxygen atoms in total. The molecule has 0 amide bonds. The van der Waals surface area contributed by atoms with Crippen molar-refractivity contribution < 1.29 is 9.47 Å². The van der Waals surface area contributed by atoms with Gasteiger partial charge in [0.1, 0.15) is 17.6 Å². The van der Waals surface area contributed by atoms with E-state index in [1.54, 1.807) is 13.4 Å². The maximum absolute atomic E-state index is 5.71. The molecule has 7 heteroatoms. The molecule has 0 radical (unpaired) electrons. The molecule has 1 aliphatic rings. The first-order chi connectivity index (χ1) is 12.3. The smallest absolute Gasteiger partial charge is 0.165 e. The van der Waals surface area contributed by atoms with Crippen LogP contribution in [-0.4, -0.2) is 39.3 Å². The lowest BCUT2D eigenvalue weighted by Crippen LogP contribution is -2.14. The molecule has 1 saturated heterocycles. The summed E-state index contributed by atoms with van der Waals surface area (Å²) < 4.78 is 13.2. The second-order valence-corrected chi connectivity index (χ2v) is 6.09. The monoisotopic (exact) mass is 339 g/mol. The predicted molar refractivity (Wildman–Crippen MR) is 94.6 cm³/mol. The second-order valence-electron chi connectivity index (χ2n) is 6.09. The van der Waals surface area contributed by atoms with Crippen LogP contribution in [0.25, 0.3) is 11.2 Å². The van der Waals surface area contributed by atoms with Gasteiger partial charge in [-0.05, 0) is 18.9 Å². The number of ether oxygens (including phenoxy) is 2. The van der Waals surface area contributed by atoms with E-state index in [1.165, 1.54) is 0 Å². The number of anilines is 1. The summed E-state index contributed by atoms with van der Waals surface area (Å²) in [6, 6.07) is 7.92. The van der Waals surface area contributed by atoms with Crippen molar-refractivity contribution >= 4 is 17.0 Å². The SMILES string of the molecule is COc1ccccc1CNc1ncnc2c1ncn2CC1CCCO1. The van der Waals surface area contributed by atoms with Gasteiger partial charge in [0.15, 0.2) is 11.5 Å². The summed E-state index contributed by atoms with van der Waals surface area (Å²) in [5.41, 5.74) is 2.67. The molecule has 0 aliphatic carbocycles. The van der Waals surface area contributed by atoms with Crippen LogP contribution in [-0.2, 0) is 17.8 Å². The summed E-state index contributed by atoms with van der Waals surface area (Å²) in [5, 5.41) is 3.35. The Morgan fingerprint density at radius 1 is 1.28 bits per heavy atom. The van der Waals surface area contributed by atoms with E-state index >= 15 is 0 Å². The minimum atomic E-state index is 0.248. The van der Waals surface area contributed by atoms with Gasteiger partial charge in [-0.25, -0.2) is 15.0 Å². The standard InChI is InChI=1S/C18H21N5O2/c1-24-15-7-3-2-5-13(15)9-19-17-16-18(21-11-20-17)23(12-22-16)10-14-6-4-8-25-14/h2-3,5,7,11-12,14H,4,6,8-10H2,1H3,(H,19,20,21). The lowest BCUT2D eigenvalue weighted by molar-refractivity contribution is 0.0978. The Balaban J connectivity index is 1.54. The van der Waals surface area contributed by atoms with Crippen molar-refractivity contribution in [2.24, 2.45) is 0 Å². The van der Waals surface area contributed by atoms with Crippen molar-refractivity contribution in [1.29, 1.82) is 0 Å². The molecule has 1 fully saturated rings. The second kappa shape index (κ2) is 7.06. The third kappa shape index (κ3) is 3.28. The van der Waals surface area contributed by atoms with Crippen LogP contribution in [0.5, 0.6) is 5.75 Å². The highest BCUT2D eigenvalue weighted by atomic mass is 16.5. The van der Waals surface area contributed by atoms with Crippen molar-refractivity contribution in [2.75, 3.05) is 19.0 Å². The number of fused-ring (bicyclic) bond motifs is 1. The molecule has 130 valence electrons. The number of nitrogens with one attached hydrogen (secondary N) is 1. The summed E-state index contributed by atoms with van der Waals surface area (Å²) >= 11 is 0. The first-order valence-corrected chi connectivity index (χ1v) is 8.48. The Kier molecular flexibility index (Phi) is 4.47. The molecule has 2 aromatic heterocycles. The highest BCUT2D eigenvalue weighted by Gasteiger charge is 2.18. The van der Waals surface area contributed by atoms with Crippen LogP contribution in [0.3, 0.4) is 0 Å². The molecule has 1 unspecified atom stereocenters. The van der Waals surface area contributed by atoms with Crippen molar-refractivity contribution in [3.8, 4) is 5.75 Å². The van der Waals surface area contributed by atoms with Gasteiger partial charge in [-0.1, -0.05) is 18.2 Å². The Hall–Kier alpha value is -2.67. The van der Waals surface area contributed by atoms with E-state index in [0.29, 0.717) is 6.54 Å². The van der Waals surface area contributed by atoms with Gasteiger partial charge in [-0.2, -0.15) is 0 Å². The van der Waals surface area contributed by atoms with Crippen molar-refractivity contribution in [3.05, 3.63) is 42.5 Å². The summed E-state index contributed by atoms with van der Waals surface area (Å²) in [7, 11) is 1.68. The fourth-order valence-electron chi connectivity index (χ4n) is 3.18. The quantitative estimate of drug-likeness (QED) is 0.744. The Labute approximate surface area is 146 Å². The summed E-state index contributed by atoms with van der Waals surface area (Å²) in [5.74, 6) is 1.58. The first kappa shape index (κ1) is 15.8. The lowest BCUT2D eigenvalue weighted by Gasteiger charge is -2.11. The van der Waals surface area contributed by atoms with Crippen LogP contribution in [0, 0.1) is 0 Å². The zero-order valence-corrected chi connectivity index (χ0v) is 14.2. The highest BCUT2D eigenvalue weighted by molar-refractivity contribution is 5.82. The van der Waals surface area contributed by atoms with Gasteiger partial charge in [0.25, 0.3) is 0 Å². The Morgan fingerprint density at radius 2 is 2.20 bits per heavy atom. The molecule has 0 saturated carbocycles. The number of nitrogens with zero attached hydrogens (tertiary/aromatic N) is 4. The third-order valence-electron chi connectivity index (χ3n) is 4.46. The van der Waals surface area contributed by atoms with E-state index in [1.807, 2.05) is 35.2 Å². The minimum Gasteiger partial charge on any atom is -0.496 e. The number of para-hydroxylation sites is 1. The summed E-state index contributed by atoms with van der Waals surface area (Å²) in [4.78, 5) is 13.3. The van der Waals surface area contributed by atoms with Crippen molar-refractivity contribution in [1.82, 2.24) is 19.5 Å². The number of hydrogen-bond donors (Lipinski definition) is 1. The Bertz CT molecular complexity index is 858. The highest BCUT2D eigenvalue weighted by Crippen LogP contribution is 2.23. The van der Waals surface area contributed by atoms with Crippen LogP contribution in [0.1, 0.15) is 18.4 Å². The first-order valence-electron chi connectivity index (χ1n) is 8.48. The molecule has 1 atom stereocenters. The molecule has 4 rings (SSSR count). The van der Waals surface area contributed by atoms with Crippen LogP contribution in [0.15, 0.2) is 36.9 Å². The zero-order chi connectivity index (χ0) is 17.1. The molecule has 1 aromatic carbocycles. The van der Waals surface area contributed by atoms with Gasteiger partial charge < -0.3 is 19.4 Å². The number of rotatable bonds is 6. The van der Waals surface area contributed by atoms with E-state index in [0.717, 1.165) is 54.3 Å². The number of aromatic nitrogens is 4. The molecule has 3 aromatic rings. The molecule has 3 heterocycles. The summed E-state index contributed by atoms with van der Waals surface area (Å²) in [6.07, 6.45) is 5.84. The van der Waals surface area contributed by atoms with Crippen LogP contribution in [0.2, 0.25) is 0 Å². The van der Waals surface area contributed by atoms with Crippen molar-refractivity contribution in [3.63, 3.8) is 0 Å². The number of hydrogen-bond acceptors (Lipinski definition) is 6. The normalized spacial score (nSPS) is 17.1. The van der Waals surface area contributed by atoms with Crippen LogP contribution in [0.4, 0.5) is 5.82 Å². The summed E-state index contributed by atoms with van der Waals surface area (Å²) in [6.45, 7) is 2.23. The maximum atomic E-state index is 5.71. The average Bonchev–Trinajstić information content (AvgIpc) is 3.31. The van der Waals surface area contributed by atoms with Gasteiger partial charge in [-0.3, -0.25) is 0 Å². The van der Waals surface area contributed by atoms with Gasteiger partial charge in [0.05, 0.1) is 26.1 Å². The number of imidazole rings is 1. The zero-order valence-electron chi connectivity index (χ0n) is 14.2. The van der Waals surface area contributed by atoms with E-state index in [9.17, 15) is 0 Å². The molecule has 0 spiro atoms. The van der Waals surface area contributed by atoms with Gasteiger partial charge in [0.2, 0.25) is 0 Å². The van der Waals surface area contributed by atoms with Gasteiger partial charge in [-0.15, -0.1) is 0 Å². The topological polar surface area (TPSA) is 74.1 Å². The lowest BCUT2D eigenvalue weighted by atomic mass is 10.2. The van der Waals surface area contributed by atoms with E-state index < -0.39 is 0 Å². The predicted octanol–water partition coefficient (Wildman–Crippen LogP) is 2.63. The molecular weight excluding hydrogens is 318 g/mol. The maximum Gasteiger partial charge on any atom is 0.165 e. The van der Waals surface area contributed by atoms with Gasteiger partial charge in [0, 0.05) is 18.7 Å². The Morgan fingerprint density at radius 3 is 3.04 bits per heavy atom. The van der Waals surface area contributed by atoms with Crippen LogP contribution >= 0.6 is 0 Å². The molecule has 0 bridgehead atoms. The molecule has 25 heavy (non-hydrogen) atoms. The van der Waals surface area contributed by atoms with E-state index in [-0.39, 0.29) is 6.10 Å².